The van der Waals surface area contributed by atoms with Gasteiger partial charge in [-0.15, -0.1) is 0 Å². The van der Waals surface area contributed by atoms with E-state index in [2.05, 4.69) is 16.6 Å². The minimum atomic E-state index is -2.91. The molecule has 0 spiro atoms. The van der Waals surface area contributed by atoms with Crippen LogP contribution in [0.1, 0.15) is 25.7 Å². The first-order valence-corrected chi connectivity index (χ1v) is 9.97. The lowest BCUT2D eigenvalue weighted by Gasteiger charge is -2.35. The van der Waals surface area contributed by atoms with Gasteiger partial charge in [0.2, 0.25) is 17.7 Å². The van der Waals surface area contributed by atoms with Gasteiger partial charge < -0.3 is 19.9 Å². The second kappa shape index (κ2) is 9.69. The van der Waals surface area contributed by atoms with E-state index in [0.29, 0.717) is 51.0 Å². The van der Waals surface area contributed by atoms with Crippen LogP contribution in [0.25, 0.3) is 0 Å². The second-order valence-electron chi connectivity index (χ2n) is 7.37. The first kappa shape index (κ1) is 21.7. The van der Waals surface area contributed by atoms with Crippen LogP contribution in [0.5, 0.6) is 5.75 Å². The van der Waals surface area contributed by atoms with Gasteiger partial charge in [0.25, 0.3) is 0 Å². The van der Waals surface area contributed by atoms with Crippen LogP contribution in [0, 0.1) is 5.92 Å². The summed E-state index contributed by atoms with van der Waals surface area (Å²) in [5, 5.41) is 2.86. The molecule has 2 heterocycles. The summed E-state index contributed by atoms with van der Waals surface area (Å²) < 4.78 is 28.9. The molecule has 0 bridgehead atoms. The summed E-state index contributed by atoms with van der Waals surface area (Å²) >= 11 is 0. The zero-order valence-electron chi connectivity index (χ0n) is 16.6. The molecule has 3 amide bonds. The number of nitrogens with zero attached hydrogens (tertiary/aromatic N) is 2. The van der Waals surface area contributed by atoms with Crippen molar-refractivity contribution in [2.75, 3.05) is 24.5 Å². The van der Waals surface area contributed by atoms with E-state index >= 15 is 0 Å². The smallest absolute Gasteiger partial charge is 0.387 e. The molecule has 9 heteroatoms. The van der Waals surface area contributed by atoms with Crippen molar-refractivity contribution >= 4 is 23.4 Å². The molecule has 3 rings (SSSR count). The maximum Gasteiger partial charge on any atom is 0.387 e. The fourth-order valence-electron chi connectivity index (χ4n) is 3.85. The van der Waals surface area contributed by atoms with E-state index < -0.39 is 12.7 Å². The average Bonchev–Trinajstić information content (AvgIpc) is 2.75. The van der Waals surface area contributed by atoms with Crippen molar-refractivity contribution < 1.29 is 27.9 Å². The lowest BCUT2D eigenvalue weighted by atomic mass is 9.94. The number of hydrogen-bond acceptors (Lipinski definition) is 4. The normalized spacial score (nSPS) is 20.2. The molecule has 2 fully saturated rings. The number of carbonyl (C=O) groups excluding carboxylic acids is 3. The molecule has 30 heavy (non-hydrogen) atoms. The molecule has 0 saturated carbocycles. The Bertz CT molecular complexity index is 792. The number of piperidine rings is 2. The number of ether oxygens (including phenoxy) is 1. The molecular formula is C21H25F2N3O4. The Kier molecular flexibility index (Phi) is 7.02. The fraction of sp³-hybridized carbons (Fsp3) is 0.476. The third-order valence-corrected chi connectivity index (χ3v) is 5.48. The Labute approximate surface area is 173 Å². The summed E-state index contributed by atoms with van der Waals surface area (Å²) in [4.78, 5) is 40.4. The number of alkyl halides is 2. The highest BCUT2D eigenvalue weighted by Gasteiger charge is 2.33. The van der Waals surface area contributed by atoms with Gasteiger partial charge in [0.15, 0.2) is 0 Å². The van der Waals surface area contributed by atoms with Crippen molar-refractivity contribution in [3.8, 4) is 5.75 Å². The van der Waals surface area contributed by atoms with Gasteiger partial charge in [0.1, 0.15) is 11.8 Å². The van der Waals surface area contributed by atoms with Gasteiger partial charge in [-0.25, -0.2) is 0 Å². The van der Waals surface area contributed by atoms with E-state index in [-0.39, 0.29) is 29.4 Å². The summed E-state index contributed by atoms with van der Waals surface area (Å²) in [6.07, 6.45) is 3.60. The molecule has 0 aromatic heterocycles. The summed E-state index contributed by atoms with van der Waals surface area (Å²) in [7, 11) is 0. The summed E-state index contributed by atoms with van der Waals surface area (Å²) in [6.45, 7) is 2.03. The Balaban J connectivity index is 1.57. The largest absolute Gasteiger partial charge is 0.435 e. The molecule has 162 valence electrons. The van der Waals surface area contributed by atoms with Gasteiger partial charge in [0, 0.05) is 31.2 Å². The van der Waals surface area contributed by atoms with Crippen molar-refractivity contribution in [3.05, 3.63) is 36.9 Å². The highest BCUT2D eigenvalue weighted by atomic mass is 19.3. The van der Waals surface area contributed by atoms with Gasteiger partial charge >= 0.3 is 6.61 Å². The quantitative estimate of drug-likeness (QED) is 0.715. The first-order chi connectivity index (χ1) is 14.4. The third-order valence-electron chi connectivity index (χ3n) is 5.48. The topological polar surface area (TPSA) is 79.0 Å². The number of carbonyl (C=O) groups is 3. The number of benzene rings is 1. The van der Waals surface area contributed by atoms with Crippen LogP contribution < -0.4 is 15.0 Å². The molecule has 2 aliphatic heterocycles. The number of rotatable bonds is 6. The molecule has 7 nitrogen and oxygen atoms in total. The van der Waals surface area contributed by atoms with Crippen LogP contribution in [0.3, 0.4) is 0 Å². The minimum Gasteiger partial charge on any atom is -0.435 e. The molecule has 2 saturated heterocycles. The van der Waals surface area contributed by atoms with Crippen LogP contribution >= 0.6 is 0 Å². The molecule has 0 radical (unpaired) electrons. The van der Waals surface area contributed by atoms with Crippen LogP contribution in [-0.2, 0) is 14.4 Å². The van der Waals surface area contributed by atoms with Crippen LogP contribution in [0.15, 0.2) is 36.9 Å². The Morgan fingerprint density at radius 1 is 1.13 bits per heavy atom. The zero-order chi connectivity index (χ0) is 21.7. The van der Waals surface area contributed by atoms with Crippen LogP contribution in [-0.4, -0.2) is 54.9 Å². The highest BCUT2D eigenvalue weighted by Crippen LogP contribution is 2.25. The van der Waals surface area contributed by atoms with Crippen molar-refractivity contribution in [2.45, 2.75) is 38.3 Å². The van der Waals surface area contributed by atoms with E-state index in [0.717, 1.165) is 0 Å². The number of anilines is 1. The second-order valence-corrected chi connectivity index (χ2v) is 7.37. The number of nitrogens with one attached hydrogen (secondary N) is 1. The van der Waals surface area contributed by atoms with Gasteiger partial charge in [-0.05, 0) is 56.0 Å². The number of likely N-dealkylation sites (tertiary alicyclic amines) is 1. The number of halogens is 2. The van der Waals surface area contributed by atoms with E-state index in [4.69, 9.17) is 0 Å². The maximum atomic E-state index is 12.9. The number of amides is 3. The predicted octanol–water partition coefficient (Wildman–Crippen LogP) is 2.32. The zero-order valence-corrected chi connectivity index (χ0v) is 16.6. The molecule has 1 N–H and O–H groups in total. The van der Waals surface area contributed by atoms with Gasteiger partial charge in [0.05, 0.1) is 0 Å². The van der Waals surface area contributed by atoms with Crippen molar-refractivity contribution in [3.63, 3.8) is 0 Å². The fourth-order valence-corrected chi connectivity index (χ4v) is 3.85. The lowest BCUT2D eigenvalue weighted by molar-refractivity contribution is -0.134. The molecule has 0 aliphatic carbocycles. The third kappa shape index (κ3) is 5.14. The van der Waals surface area contributed by atoms with Crippen molar-refractivity contribution in [1.29, 1.82) is 0 Å². The monoisotopic (exact) mass is 421 g/mol. The van der Waals surface area contributed by atoms with Crippen molar-refractivity contribution in [2.24, 2.45) is 5.92 Å². The van der Waals surface area contributed by atoms with E-state index in [1.165, 1.54) is 18.2 Å². The summed E-state index contributed by atoms with van der Waals surface area (Å²) in [5.41, 5.74) is 0.566. The average molecular weight is 421 g/mol. The lowest BCUT2D eigenvalue weighted by Crippen LogP contribution is -2.54. The Morgan fingerprint density at radius 2 is 1.80 bits per heavy atom. The Morgan fingerprint density at radius 3 is 2.40 bits per heavy atom. The molecule has 1 aromatic rings. The van der Waals surface area contributed by atoms with Crippen molar-refractivity contribution in [1.82, 2.24) is 10.2 Å². The predicted molar refractivity (Wildman–Crippen MR) is 106 cm³/mol. The van der Waals surface area contributed by atoms with Gasteiger partial charge in [-0.2, -0.15) is 8.78 Å². The molecule has 1 aromatic carbocycles. The maximum absolute atomic E-state index is 12.9. The van der Waals surface area contributed by atoms with Crippen LogP contribution in [0.2, 0.25) is 0 Å². The van der Waals surface area contributed by atoms with E-state index in [9.17, 15) is 23.2 Å². The SMILES string of the molecule is C=CC(=O)N1CCC(C(=O)NC2CCCN(c3ccc(OC(F)F)cc3)C2=O)CC1. The molecule has 2 aliphatic rings. The minimum absolute atomic E-state index is 0.0179. The van der Waals surface area contributed by atoms with Crippen LogP contribution in [0.4, 0.5) is 14.5 Å². The molecule has 1 atom stereocenters. The van der Waals surface area contributed by atoms with Gasteiger partial charge in [-0.1, -0.05) is 6.58 Å². The Hall–Kier alpha value is -2.97. The van der Waals surface area contributed by atoms with Gasteiger partial charge in [-0.3, -0.25) is 14.4 Å². The molecule has 1 unspecified atom stereocenters. The first-order valence-electron chi connectivity index (χ1n) is 9.97. The van der Waals surface area contributed by atoms with E-state index in [1.54, 1.807) is 21.9 Å². The summed E-state index contributed by atoms with van der Waals surface area (Å²) in [5.74, 6) is -0.771. The standard InChI is InChI=1S/C21H25F2N3O4/c1-2-18(27)25-12-9-14(10-13-25)19(28)24-17-4-3-11-26(20(17)29)15-5-7-16(8-6-15)30-21(22)23/h2,5-8,14,17,21H,1,3-4,9-13H2,(H,24,28). The number of hydrogen-bond donors (Lipinski definition) is 1. The highest BCUT2D eigenvalue weighted by molar-refractivity contribution is 6.00. The van der Waals surface area contributed by atoms with E-state index in [1.807, 2.05) is 0 Å². The molecular weight excluding hydrogens is 396 g/mol. The summed E-state index contributed by atoms with van der Waals surface area (Å²) in [6, 6.07) is 5.24.